The van der Waals surface area contributed by atoms with Gasteiger partial charge in [-0.2, -0.15) is 0 Å². The summed E-state index contributed by atoms with van der Waals surface area (Å²) < 4.78 is 51.7. The zero-order valence-electron chi connectivity index (χ0n) is 23.8. The van der Waals surface area contributed by atoms with Gasteiger partial charge in [0.15, 0.2) is 5.82 Å². The van der Waals surface area contributed by atoms with Crippen LogP contribution >= 0.6 is 0 Å². The Hall–Kier alpha value is -4.66. The van der Waals surface area contributed by atoms with Crippen LogP contribution < -0.4 is 4.74 Å². The number of aromatic nitrogens is 3. The summed E-state index contributed by atoms with van der Waals surface area (Å²) in [5.41, 5.74) is 3.82. The van der Waals surface area contributed by atoms with Gasteiger partial charge in [-0.3, -0.25) is 0 Å². The maximum absolute atomic E-state index is 15.5. The lowest BCUT2D eigenvalue weighted by molar-refractivity contribution is 0.0697. The number of fused-ring (bicyclic) bond motifs is 1. The fourth-order valence-corrected chi connectivity index (χ4v) is 5.40. The number of pyridine rings is 1. The van der Waals surface area contributed by atoms with Crippen LogP contribution in [0, 0.1) is 29.8 Å². The van der Waals surface area contributed by atoms with Gasteiger partial charge in [-0.1, -0.05) is 25.1 Å². The van der Waals surface area contributed by atoms with E-state index in [4.69, 9.17) is 9.72 Å². The van der Waals surface area contributed by atoms with E-state index in [1.54, 1.807) is 43.3 Å². The van der Waals surface area contributed by atoms with Gasteiger partial charge in [0.25, 0.3) is 5.88 Å². The number of carboxylic acid groups (broad SMARTS) is 1. The molecule has 1 aliphatic carbocycles. The average Bonchev–Trinajstić information content (AvgIpc) is 3.68. The standard InChI is InChI=1S/C34H30F3N3O3/c1-3-34(12-13-34)19-40-30-17-22(33(41)42)7-10-29(30)38-31(40)16-21-5-8-24(27(37)15-21)28-11-9-25(35)32(39-28)43-18-23-6-4-20(2)14-26(23)36/h4-11,14-15,17H,3,12-13,16,18-19H2,1-2H3,(H,41,42). The van der Waals surface area contributed by atoms with Crippen LogP contribution in [0.3, 0.4) is 0 Å². The Morgan fingerprint density at radius 3 is 2.47 bits per heavy atom. The molecule has 1 N–H and O–H groups in total. The Kier molecular flexibility index (Phi) is 7.42. The number of rotatable bonds is 10. The van der Waals surface area contributed by atoms with E-state index in [0.717, 1.165) is 42.2 Å². The number of aromatic carboxylic acids is 1. The van der Waals surface area contributed by atoms with Crippen LogP contribution in [0.2, 0.25) is 0 Å². The molecule has 1 saturated carbocycles. The van der Waals surface area contributed by atoms with Gasteiger partial charge in [-0.05, 0) is 91.3 Å². The summed E-state index contributed by atoms with van der Waals surface area (Å²) in [5, 5.41) is 9.53. The SMILES string of the molecule is CCC1(Cn2c(Cc3ccc(-c4ccc(F)c(OCc5ccc(C)cc5F)n4)c(F)c3)nc3ccc(C(=O)O)cc32)CC1. The molecule has 3 aromatic carbocycles. The van der Waals surface area contributed by atoms with E-state index in [-0.39, 0.29) is 40.3 Å². The number of carboxylic acids is 1. The number of hydrogen-bond acceptors (Lipinski definition) is 4. The van der Waals surface area contributed by atoms with Crippen LogP contribution in [0.1, 0.15) is 59.1 Å². The smallest absolute Gasteiger partial charge is 0.335 e. The van der Waals surface area contributed by atoms with Gasteiger partial charge < -0.3 is 14.4 Å². The van der Waals surface area contributed by atoms with E-state index in [2.05, 4.69) is 16.5 Å². The van der Waals surface area contributed by atoms with E-state index in [0.29, 0.717) is 24.0 Å². The molecule has 0 unspecified atom stereocenters. The van der Waals surface area contributed by atoms with Crippen molar-refractivity contribution < 1.29 is 27.8 Å². The number of nitrogens with zero attached hydrogens (tertiary/aromatic N) is 3. The van der Waals surface area contributed by atoms with Crippen molar-refractivity contribution in [1.29, 1.82) is 0 Å². The summed E-state index contributed by atoms with van der Waals surface area (Å²) in [7, 11) is 0. The molecular weight excluding hydrogens is 555 g/mol. The third-order valence-corrected chi connectivity index (χ3v) is 8.33. The van der Waals surface area contributed by atoms with E-state index in [1.165, 1.54) is 24.3 Å². The summed E-state index contributed by atoms with van der Waals surface area (Å²) in [5.74, 6) is -2.37. The molecule has 1 aliphatic rings. The molecule has 6 rings (SSSR count). The highest BCUT2D eigenvalue weighted by Crippen LogP contribution is 2.50. The fraction of sp³-hybridized carbons (Fsp3) is 0.265. The van der Waals surface area contributed by atoms with E-state index in [9.17, 15) is 18.7 Å². The molecule has 5 aromatic rings. The molecule has 0 bridgehead atoms. The summed E-state index contributed by atoms with van der Waals surface area (Å²) in [6.45, 7) is 4.41. The van der Waals surface area contributed by atoms with Crippen LogP contribution in [0.4, 0.5) is 13.2 Å². The zero-order valence-corrected chi connectivity index (χ0v) is 23.8. The molecule has 0 amide bonds. The van der Waals surface area contributed by atoms with Crippen LogP contribution in [0.15, 0.2) is 66.7 Å². The van der Waals surface area contributed by atoms with Crippen LogP contribution in [-0.2, 0) is 19.6 Å². The summed E-state index contributed by atoms with van der Waals surface area (Å²) >= 11 is 0. The molecule has 2 heterocycles. The number of imidazole rings is 1. The minimum atomic E-state index is -1.00. The number of aryl methyl sites for hydroxylation is 1. The molecule has 1 fully saturated rings. The van der Waals surface area contributed by atoms with Crippen molar-refractivity contribution in [3.8, 4) is 17.1 Å². The van der Waals surface area contributed by atoms with E-state index in [1.807, 2.05) is 0 Å². The minimum Gasteiger partial charge on any atom is -0.478 e. The highest BCUT2D eigenvalue weighted by molar-refractivity contribution is 5.92. The van der Waals surface area contributed by atoms with Crippen LogP contribution in [0.25, 0.3) is 22.3 Å². The van der Waals surface area contributed by atoms with Crippen molar-refractivity contribution in [2.45, 2.75) is 52.7 Å². The minimum absolute atomic E-state index is 0.163. The van der Waals surface area contributed by atoms with Crippen molar-refractivity contribution in [3.05, 3.63) is 112 Å². The van der Waals surface area contributed by atoms with Gasteiger partial charge in [0.1, 0.15) is 24.1 Å². The number of carbonyl (C=O) groups is 1. The fourth-order valence-electron chi connectivity index (χ4n) is 5.40. The lowest BCUT2D eigenvalue weighted by Crippen LogP contribution is -2.14. The Balaban J connectivity index is 1.27. The number of benzene rings is 3. The molecule has 6 nitrogen and oxygen atoms in total. The van der Waals surface area contributed by atoms with Crippen molar-refractivity contribution in [3.63, 3.8) is 0 Å². The van der Waals surface area contributed by atoms with Crippen molar-refractivity contribution >= 4 is 17.0 Å². The van der Waals surface area contributed by atoms with Crippen LogP contribution in [-0.4, -0.2) is 25.6 Å². The van der Waals surface area contributed by atoms with Crippen LogP contribution in [0.5, 0.6) is 5.88 Å². The highest BCUT2D eigenvalue weighted by atomic mass is 19.1. The van der Waals surface area contributed by atoms with Gasteiger partial charge in [0, 0.05) is 24.1 Å². The Labute approximate surface area is 246 Å². The normalized spacial score (nSPS) is 13.8. The van der Waals surface area contributed by atoms with E-state index < -0.39 is 23.4 Å². The Bertz CT molecular complexity index is 1860. The number of ether oxygens (including phenoxy) is 1. The second kappa shape index (κ2) is 11.2. The average molecular weight is 586 g/mol. The quantitative estimate of drug-likeness (QED) is 0.180. The second-order valence-electron chi connectivity index (χ2n) is 11.3. The summed E-state index contributed by atoms with van der Waals surface area (Å²) in [6.07, 6.45) is 3.54. The van der Waals surface area contributed by atoms with Crippen molar-refractivity contribution in [2.24, 2.45) is 5.41 Å². The monoisotopic (exact) mass is 585 g/mol. The van der Waals surface area contributed by atoms with E-state index >= 15 is 4.39 Å². The van der Waals surface area contributed by atoms with Gasteiger partial charge in [0.05, 0.1) is 22.3 Å². The Morgan fingerprint density at radius 2 is 1.77 bits per heavy atom. The number of halogens is 3. The Morgan fingerprint density at radius 1 is 0.953 bits per heavy atom. The predicted molar refractivity (Wildman–Crippen MR) is 157 cm³/mol. The maximum atomic E-state index is 15.5. The highest BCUT2D eigenvalue weighted by Gasteiger charge is 2.41. The molecular formula is C34H30F3N3O3. The molecule has 0 saturated heterocycles. The lowest BCUT2D eigenvalue weighted by atomic mass is 10.0. The largest absolute Gasteiger partial charge is 0.478 e. The molecule has 220 valence electrons. The summed E-state index contributed by atoms with van der Waals surface area (Å²) in [4.78, 5) is 20.6. The first-order valence-corrected chi connectivity index (χ1v) is 14.2. The van der Waals surface area contributed by atoms with Gasteiger partial charge >= 0.3 is 5.97 Å². The summed E-state index contributed by atoms with van der Waals surface area (Å²) in [6, 6.07) is 16.8. The van der Waals surface area contributed by atoms with Crippen molar-refractivity contribution in [2.75, 3.05) is 0 Å². The third kappa shape index (κ3) is 5.84. The molecule has 43 heavy (non-hydrogen) atoms. The molecule has 0 radical (unpaired) electrons. The maximum Gasteiger partial charge on any atom is 0.335 e. The predicted octanol–water partition coefficient (Wildman–Crippen LogP) is 7.88. The van der Waals surface area contributed by atoms with Crippen molar-refractivity contribution in [1.82, 2.24) is 14.5 Å². The molecule has 0 spiro atoms. The third-order valence-electron chi connectivity index (χ3n) is 8.33. The molecule has 9 heteroatoms. The lowest BCUT2D eigenvalue weighted by Gasteiger charge is -2.17. The first-order valence-electron chi connectivity index (χ1n) is 14.2. The number of hydrogen-bond donors (Lipinski definition) is 1. The zero-order chi connectivity index (χ0) is 30.3. The first-order chi connectivity index (χ1) is 20.6. The molecule has 0 aliphatic heterocycles. The second-order valence-corrected chi connectivity index (χ2v) is 11.3. The first kappa shape index (κ1) is 28.5. The molecule has 2 aromatic heterocycles. The van der Waals surface area contributed by atoms with Gasteiger partial charge in [0.2, 0.25) is 0 Å². The van der Waals surface area contributed by atoms with Gasteiger partial charge in [-0.15, -0.1) is 0 Å². The topological polar surface area (TPSA) is 77.2 Å². The molecule has 0 atom stereocenters. The van der Waals surface area contributed by atoms with Gasteiger partial charge in [-0.25, -0.2) is 27.9 Å².